The molecule has 2 aromatic rings. The molecule has 2 aliphatic rings. The van der Waals surface area contributed by atoms with Crippen molar-refractivity contribution in [2.75, 3.05) is 6.61 Å². The average molecular weight is 351 g/mol. The highest BCUT2D eigenvalue weighted by Crippen LogP contribution is 2.49. The number of halogens is 1. The predicted molar refractivity (Wildman–Crippen MR) is 91.1 cm³/mol. The number of thiophene rings is 1. The predicted octanol–water partition coefficient (Wildman–Crippen LogP) is 3.78. The third kappa shape index (κ3) is 2.76. The zero-order valence-electron chi connectivity index (χ0n) is 12.9. The topological polar surface area (TPSA) is 54.4 Å². The molecule has 122 valence electrons. The minimum absolute atomic E-state index is 0.103. The van der Waals surface area contributed by atoms with Gasteiger partial charge >= 0.3 is 0 Å². The van der Waals surface area contributed by atoms with Gasteiger partial charge in [0.05, 0.1) is 28.9 Å². The lowest BCUT2D eigenvalue weighted by molar-refractivity contribution is -0.0957. The van der Waals surface area contributed by atoms with E-state index in [9.17, 15) is 5.11 Å². The number of hydrogen-bond acceptors (Lipinski definition) is 5. The molecule has 0 saturated carbocycles. The van der Waals surface area contributed by atoms with Crippen LogP contribution in [0.2, 0.25) is 4.34 Å². The Kier molecular flexibility index (Phi) is 3.84. The Bertz CT molecular complexity index is 718. The Morgan fingerprint density at radius 2 is 2.30 bits per heavy atom. The van der Waals surface area contributed by atoms with E-state index in [0.717, 1.165) is 35.9 Å². The van der Waals surface area contributed by atoms with Gasteiger partial charge in [-0.15, -0.1) is 11.3 Å². The molecule has 4 nitrogen and oxygen atoms in total. The van der Waals surface area contributed by atoms with Gasteiger partial charge in [-0.3, -0.25) is 4.98 Å². The molecule has 2 aliphatic heterocycles. The first-order chi connectivity index (χ1) is 11.1. The lowest BCUT2D eigenvalue weighted by Crippen LogP contribution is -2.49. The van der Waals surface area contributed by atoms with Gasteiger partial charge in [-0.2, -0.15) is 0 Å². The van der Waals surface area contributed by atoms with Gasteiger partial charge < -0.3 is 15.2 Å². The van der Waals surface area contributed by atoms with Gasteiger partial charge in [0, 0.05) is 17.3 Å². The van der Waals surface area contributed by atoms with Crippen molar-refractivity contribution in [2.45, 2.75) is 43.9 Å². The van der Waals surface area contributed by atoms with E-state index in [1.54, 1.807) is 17.4 Å². The van der Waals surface area contributed by atoms with Crippen LogP contribution in [0, 0.1) is 0 Å². The minimum atomic E-state index is -0.277. The molecule has 1 saturated heterocycles. The fraction of sp³-hybridized carbons (Fsp3) is 0.471. The lowest BCUT2D eigenvalue weighted by atomic mass is 9.79. The normalized spacial score (nSPS) is 30.3. The van der Waals surface area contributed by atoms with Crippen LogP contribution in [0.5, 0.6) is 5.75 Å². The molecule has 3 atom stereocenters. The Hall–Kier alpha value is -1.14. The first kappa shape index (κ1) is 15.4. The number of pyridine rings is 1. The second-order valence-electron chi connectivity index (χ2n) is 6.47. The maximum atomic E-state index is 9.46. The zero-order chi connectivity index (χ0) is 16.0. The van der Waals surface area contributed by atoms with Crippen molar-refractivity contribution >= 4 is 22.9 Å². The highest BCUT2D eigenvalue weighted by atomic mass is 35.5. The molecule has 6 heteroatoms. The summed E-state index contributed by atoms with van der Waals surface area (Å²) in [6.45, 7) is 2.92. The summed E-state index contributed by atoms with van der Waals surface area (Å²) in [5, 5.41) is 13.1. The van der Waals surface area contributed by atoms with Gasteiger partial charge in [0.15, 0.2) is 0 Å². The fourth-order valence-electron chi connectivity index (χ4n) is 3.85. The van der Waals surface area contributed by atoms with E-state index in [1.807, 2.05) is 6.07 Å². The molecule has 1 spiro atoms. The molecule has 2 aromatic heterocycles. The molecule has 4 rings (SSSR count). The van der Waals surface area contributed by atoms with Crippen LogP contribution in [0.15, 0.2) is 24.4 Å². The highest BCUT2D eigenvalue weighted by Gasteiger charge is 2.46. The largest absolute Gasteiger partial charge is 0.506 e. The molecule has 0 bridgehead atoms. The standard InChI is InChI=1S/C17H19ClN2O2S/c1-10-7-17(16-11(4-5-22-17)6-15(18)23-16)8-14(20-10)13-3-2-12(21)9-19-13/h2-3,6,9-10,14,20-21H,4-5,7-8H2,1H3/t10-,14-,17-/m0/s1. The fourth-order valence-corrected chi connectivity index (χ4v) is 5.32. The van der Waals surface area contributed by atoms with Crippen molar-refractivity contribution in [1.29, 1.82) is 0 Å². The summed E-state index contributed by atoms with van der Waals surface area (Å²) in [6.07, 6.45) is 4.20. The third-order valence-electron chi connectivity index (χ3n) is 4.73. The van der Waals surface area contributed by atoms with Crippen LogP contribution in [0.3, 0.4) is 0 Å². The second-order valence-corrected chi connectivity index (χ2v) is 8.15. The van der Waals surface area contributed by atoms with Crippen molar-refractivity contribution in [3.8, 4) is 5.75 Å². The van der Waals surface area contributed by atoms with Gasteiger partial charge in [0.25, 0.3) is 0 Å². The van der Waals surface area contributed by atoms with E-state index in [1.165, 1.54) is 16.6 Å². The van der Waals surface area contributed by atoms with Crippen LogP contribution in [0.1, 0.15) is 41.9 Å². The van der Waals surface area contributed by atoms with Crippen molar-refractivity contribution in [2.24, 2.45) is 0 Å². The molecule has 0 radical (unpaired) electrons. The minimum Gasteiger partial charge on any atom is -0.506 e. The van der Waals surface area contributed by atoms with E-state index in [0.29, 0.717) is 6.04 Å². The summed E-state index contributed by atoms with van der Waals surface area (Å²) in [5.41, 5.74) is 1.99. The maximum absolute atomic E-state index is 9.46. The van der Waals surface area contributed by atoms with E-state index in [-0.39, 0.29) is 17.4 Å². The average Bonchev–Trinajstić information content (AvgIpc) is 2.90. The number of piperidine rings is 1. The van der Waals surface area contributed by atoms with Crippen LogP contribution in [0.4, 0.5) is 0 Å². The quantitative estimate of drug-likeness (QED) is 0.821. The van der Waals surface area contributed by atoms with Crippen LogP contribution in [-0.4, -0.2) is 22.7 Å². The Labute approximate surface area is 144 Å². The second kappa shape index (κ2) is 5.74. The number of rotatable bonds is 1. The summed E-state index contributed by atoms with van der Waals surface area (Å²) in [4.78, 5) is 5.67. The number of fused-ring (bicyclic) bond motifs is 2. The van der Waals surface area contributed by atoms with Crippen LogP contribution in [0.25, 0.3) is 0 Å². The van der Waals surface area contributed by atoms with Crippen LogP contribution >= 0.6 is 22.9 Å². The first-order valence-corrected chi connectivity index (χ1v) is 9.09. The molecular formula is C17H19ClN2O2S. The van der Waals surface area contributed by atoms with E-state index in [2.05, 4.69) is 23.3 Å². The summed E-state index contributed by atoms with van der Waals surface area (Å²) >= 11 is 7.92. The van der Waals surface area contributed by atoms with Gasteiger partial charge in [-0.25, -0.2) is 0 Å². The van der Waals surface area contributed by atoms with E-state index < -0.39 is 0 Å². The highest BCUT2D eigenvalue weighted by molar-refractivity contribution is 7.16. The van der Waals surface area contributed by atoms with Gasteiger partial charge in [0.1, 0.15) is 11.4 Å². The van der Waals surface area contributed by atoms with Gasteiger partial charge in [-0.05, 0) is 43.5 Å². The van der Waals surface area contributed by atoms with Crippen molar-refractivity contribution in [1.82, 2.24) is 10.3 Å². The number of ether oxygens (including phenoxy) is 1. The zero-order valence-corrected chi connectivity index (χ0v) is 14.5. The lowest BCUT2D eigenvalue weighted by Gasteiger charge is -2.46. The number of aromatic nitrogens is 1. The van der Waals surface area contributed by atoms with E-state index >= 15 is 0 Å². The molecule has 0 aromatic carbocycles. The van der Waals surface area contributed by atoms with Crippen LogP contribution < -0.4 is 5.32 Å². The Balaban J connectivity index is 1.71. The number of hydrogen-bond donors (Lipinski definition) is 2. The molecule has 23 heavy (non-hydrogen) atoms. The van der Waals surface area contributed by atoms with Crippen molar-refractivity contribution in [3.05, 3.63) is 44.9 Å². The molecule has 4 heterocycles. The Morgan fingerprint density at radius 1 is 1.43 bits per heavy atom. The molecule has 2 N–H and O–H groups in total. The van der Waals surface area contributed by atoms with Crippen molar-refractivity contribution in [3.63, 3.8) is 0 Å². The van der Waals surface area contributed by atoms with Crippen molar-refractivity contribution < 1.29 is 9.84 Å². The van der Waals surface area contributed by atoms with Gasteiger partial charge in [-0.1, -0.05) is 11.6 Å². The van der Waals surface area contributed by atoms with Crippen LogP contribution in [-0.2, 0) is 16.8 Å². The molecule has 1 fully saturated rings. The molecule has 0 amide bonds. The summed E-state index contributed by atoms with van der Waals surface area (Å²) in [6, 6.07) is 6.07. The number of nitrogens with one attached hydrogen (secondary N) is 1. The third-order valence-corrected chi connectivity index (χ3v) is 6.22. The summed E-state index contributed by atoms with van der Waals surface area (Å²) < 4.78 is 7.17. The number of aromatic hydroxyl groups is 1. The maximum Gasteiger partial charge on any atom is 0.133 e. The molecule has 0 unspecified atom stereocenters. The summed E-state index contributed by atoms with van der Waals surface area (Å²) in [7, 11) is 0. The number of nitrogens with zero attached hydrogens (tertiary/aromatic N) is 1. The monoisotopic (exact) mass is 350 g/mol. The Morgan fingerprint density at radius 3 is 3.09 bits per heavy atom. The van der Waals surface area contributed by atoms with E-state index in [4.69, 9.17) is 16.3 Å². The SMILES string of the molecule is C[C@H]1C[C@@]2(C[C@@H](c3ccc(O)cn3)N1)OCCc1cc(Cl)sc12. The molecule has 0 aliphatic carbocycles. The first-order valence-electron chi connectivity index (χ1n) is 7.89. The summed E-state index contributed by atoms with van der Waals surface area (Å²) in [5.74, 6) is 0.188. The smallest absolute Gasteiger partial charge is 0.133 e. The van der Waals surface area contributed by atoms with Gasteiger partial charge in [0.2, 0.25) is 0 Å². The molecular weight excluding hydrogens is 332 g/mol.